The van der Waals surface area contributed by atoms with Gasteiger partial charge in [-0.15, -0.1) is 10.2 Å². The maximum atomic E-state index is 12.9. The van der Waals surface area contributed by atoms with E-state index in [2.05, 4.69) is 31.0 Å². The minimum absolute atomic E-state index is 0.0193. The van der Waals surface area contributed by atoms with Gasteiger partial charge in [0.15, 0.2) is 6.61 Å². The largest absolute Gasteiger partial charge is 0.484 e. The van der Waals surface area contributed by atoms with Crippen molar-refractivity contribution in [3.05, 3.63) is 36.0 Å². The number of nitrogens with zero attached hydrogens (tertiary/aromatic N) is 2. The third-order valence-electron chi connectivity index (χ3n) is 5.18. The molecule has 1 aliphatic carbocycles. The van der Waals surface area contributed by atoms with Crippen LogP contribution in [0.3, 0.4) is 0 Å². The zero-order valence-electron chi connectivity index (χ0n) is 17.0. The number of esters is 1. The Labute approximate surface area is 174 Å². The fourth-order valence-electron chi connectivity index (χ4n) is 3.60. The summed E-state index contributed by atoms with van der Waals surface area (Å²) in [6, 6.07) is 5.67. The summed E-state index contributed by atoms with van der Waals surface area (Å²) in [7, 11) is 0. The lowest BCUT2D eigenvalue weighted by molar-refractivity contribution is -0.152. The number of ether oxygens (including phenoxy) is 2. The Bertz CT molecular complexity index is 796. The third kappa shape index (κ3) is 6.45. The minimum Gasteiger partial charge on any atom is -0.484 e. The van der Waals surface area contributed by atoms with Gasteiger partial charge in [0.1, 0.15) is 23.4 Å². The van der Waals surface area contributed by atoms with E-state index in [0.29, 0.717) is 23.5 Å². The first-order valence-electron chi connectivity index (χ1n) is 9.93. The molecule has 1 aromatic heterocycles. The van der Waals surface area contributed by atoms with E-state index in [9.17, 15) is 9.18 Å². The molecule has 6 nitrogen and oxygen atoms in total. The van der Waals surface area contributed by atoms with Crippen LogP contribution in [-0.4, -0.2) is 28.0 Å². The number of aromatic nitrogens is 2. The van der Waals surface area contributed by atoms with Crippen molar-refractivity contribution in [1.82, 2.24) is 10.2 Å². The van der Waals surface area contributed by atoms with Crippen molar-refractivity contribution in [2.75, 3.05) is 5.75 Å². The Morgan fingerprint density at radius 3 is 2.76 bits per heavy atom. The summed E-state index contributed by atoms with van der Waals surface area (Å²) in [5.74, 6) is 1.80. The number of carbonyl (C=O) groups is 1. The first-order chi connectivity index (χ1) is 13.9. The van der Waals surface area contributed by atoms with Gasteiger partial charge in [-0.2, -0.15) is 0 Å². The second-order valence-electron chi connectivity index (χ2n) is 7.85. The van der Waals surface area contributed by atoms with Crippen molar-refractivity contribution >= 4 is 17.7 Å². The first-order valence-corrected chi connectivity index (χ1v) is 10.9. The van der Waals surface area contributed by atoms with Gasteiger partial charge in [-0.3, -0.25) is 4.79 Å². The van der Waals surface area contributed by atoms with E-state index in [1.165, 1.54) is 30.7 Å². The van der Waals surface area contributed by atoms with Gasteiger partial charge >= 0.3 is 5.97 Å². The van der Waals surface area contributed by atoms with Crippen LogP contribution in [0.15, 0.2) is 33.9 Å². The fourth-order valence-corrected chi connectivity index (χ4v) is 4.17. The molecule has 0 radical (unpaired) electrons. The van der Waals surface area contributed by atoms with E-state index in [1.54, 1.807) is 0 Å². The molecule has 0 amide bonds. The van der Waals surface area contributed by atoms with Gasteiger partial charge in [-0.25, -0.2) is 4.39 Å². The molecule has 0 saturated heterocycles. The molecule has 0 bridgehead atoms. The number of carbonyl (C=O) groups excluding carboxylic acids is 1. The second-order valence-corrected chi connectivity index (χ2v) is 8.77. The fraction of sp³-hybridized carbons (Fsp3) is 0.571. The van der Waals surface area contributed by atoms with Gasteiger partial charge in [0.2, 0.25) is 0 Å². The van der Waals surface area contributed by atoms with Crippen LogP contribution in [0.4, 0.5) is 4.39 Å². The number of thioether (sulfide) groups is 1. The van der Waals surface area contributed by atoms with Crippen molar-refractivity contribution in [3.8, 4) is 5.75 Å². The van der Waals surface area contributed by atoms with Crippen LogP contribution in [0.1, 0.15) is 45.9 Å². The maximum absolute atomic E-state index is 12.9. The van der Waals surface area contributed by atoms with Crippen LogP contribution in [-0.2, 0) is 16.1 Å². The summed E-state index contributed by atoms with van der Waals surface area (Å²) in [6.07, 6.45) is 3.20. The number of hydrogen-bond acceptors (Lipinski definition) is 7. The highest BCUT2D eigenvalue weighted by Gasteiger charge is 2.33. The number of benzene rings is 1. The molecule has 0 aliphatic heterocycles. The topological polar surface area (TPSA) is 74.5 Å². The average molecular weight is 423 g/mol. The Kier molecular flexibility index (Phi) is 7.52. The lowest BCUT2D eigenvalue weighted by atomic mass is 9.75. The van der Waals surface area contributed by atoms with Crippen molar-refractivity contribution in [1.29, 1.82) is 0 Å². The van der Waals surface area contributed by atoms with Gasteiger partial charge in [0.25, 0.3) is 11.1 Å². The molecule has 3 atom stereocenters. The first kappa shape index (κ1) is 21.6. The summed E-state index contributed by atoms with van der Waals surface area (Å²) >= 11 is 1.15. The van der Waals surface area contributed by atoms with Crippen LogP contribution in [0, 0.1) is 23.6 Å². The number of hydrogen-bond donors (Lipinski definition) is 0. The van der Waals surface area contributed by atoms with Gasteiger partial charge in [0.05, 0.1) is 0 Å². The highest BCUT2D eigenvalue weighted by atomic mass is 32.2. The molecule has 29 heavy (non-hydrogen) atoms. The summed E-state index contributed by atoms with van der Waals surface area (Å²) < 4.78 is 29.6. The Balaban J connectivity index is 1.45. The molecule has 1 aliphatic rings. The summed E-state index contributed by atoms with van der Waals surface area (Å²) in [5.41, 5.74) is 0. The summed E-state index contributed by atoms with van der Waals surface area (Å²) in [4.78, 5) is 12.3. The number of halogens is 1. The predicted molar refractivity (Wildman–Crippen MR) is 107 cm³/mol. The molecule has 158 valence electrons. The van der Waals surface area contributed by atoms with E-state index >= 15 is 0 Å². The summed E-state index contributed by atoms with van der Waals surface area (Å²) in [5, 5.41) is 8.10. The molecule has 2 aromatic rings. The second kappa shape index (κ2) is 10.1. The SMILES string of the molecule is CC(C)[C@@H]1CC[C@@H](C)C[C@H]1OC(=O)CSc1nnc(COc2ccc(F)cc2)o1. The molecule has 0 N–H and O–H groups in total. The predicted octanol–water partition coefficient (Wildman–Crippen LogP) is 4.88. The van der Waals surface area contributed by atoms with E-state index in [1.807, 2.05) is 0 Å². The van der Waals surface area contributed by atoms with Gasteiger partial charge in [-0.1, -0.05) is 39.0 Å². The molecule has 0 unspecified atom stereocenters. The van der Waals surface area contributed by atoms with E-state index < -0.39 is 0 Å². The monoisotopic (exact) mass is 422 g/mol. The zero-order valence-corrected chi connectivity index (χ0v) is 17.8. The molecule has 1 fully saturated rings. The normalized spacial score (nSPS) is 21.9. The smallest absolute Gasteiger partial charge is 0.316 e. The van der Waals surface area contributed by atoms with Gasteiger partial charge in [0, 0.05) is 0 Å². The molecule has 1 saturated carbocycles. The molecule has 1 aromatic carbocycles. The Hall–Kier alpha value is -2.09. The highest BCUT2D eigenvalue weighted by molar-refractivity contribution is 7.99. The zero-order chi connectivity index (χ0) is 20.8. The van der Waals surface area contributed by atoms with Crippen molar-refractivity contribution in [2.45, 2.75) is 58.0 Å². The van der Waals surface area contributed by atoms with E-state index in [4.69, 9.17) is 13.9 Å². The molecular formula is C21H27FN2O4S. The quantitative estimate of drug-likeness (QED) is 0.443. The summed E-state index contributed by atoms with van der Waals surface area (Å²) in [6.45, 7) is 6.65. The van der Waals surface area contributed by atoms with E-state index in [0.717, 1.165) is 24.6 Å². The molecule has 0 spiro atoms. The van der Waals surface area contributed by atoms with Crippen LogP contribution < -0.4 is 4.74 Å². The minimum atomic E-state index is -0.330. The molecule has 8 heteroatoms. The van der Waals surface area contributed by atoms with Crippen molar-refractivity contribution < 1.29 is 23.1 Å². The Morgan fingerprint density at radius 2 is 2.03 bits per heavy atom. The lowest BCUT2D eigenvalue weighted by Gasteiger charge is -2.36. The molecule has 1 heterocycles. The van der Waals surface area contributed by atoms with Crippen LogP contribution in [0.5, 0.6) is 5.75 Å². The van der Waals surface area contributed by atoms with E-state index in [-0.39, 0.29) is 41.4 Å². The highest BCUT2D eigenvalue weighted by Crippen LogP contribution is 2.35. The number of rotatable bonds is 8. The molecular weight excluding hydrogens is 395 g/mol. The standard InChI is InChI=1S/C21H27FN2O4S/c1-13(2)17-9-4-14(3)10-18(17)27-20(25)12-29-21-24-23-19(28-21)11-26-16-7-5-15(22)6-8-16/h5-8,13-14,17-18H,4,9-12H2,1-3H3/t14-,17+,18-/m1/s1. The van der Waals surface area contributed by atoms with Gasteiger partial charge < -0.3 is 13.9 Å². The third-order valence-corrected chi connectivity index (χ3v) is 5.97. The van der Waals surface area contributed by atoms with Crippen molar-refractivity contribution in [3.63, 3.8) is 0 Å². The maximum Gasteiger partial charge on any atom is 0.316 e. The average Bonchev–Trinajstić information content (AvgIpc) is 3.14. The van der Waals surface area contributed by atoms with Crippen molar-refractivity contribution in [2.24, 2.45) is 17.8 Å². The van der Waals surface area contributed by atoms with Crippen LogP contribution in [0.25, 0.3) is 0 Å². The molecule has 3 rings (SSSR count). The lowest BCUT2D eigenvalue weighted by Crippen LogP contribution is -2.36. The Morgan fingerprint density at radius 1 is 1.28 bits per heavy atom. The van der Waals surface area contributed by atoms with Gasteiger partial charge in [-0.05, 0) is 54.9 Å². The van der Waals surface area contributed by atoms with Crippen LogP contribution in [0.2, 0.25) is 0 Å². The van der Waals surface area contributed by atoms with Crippen LogP contribution >= 0.6 is 11.8 Å².